The summed E-state index contributed by atoms with van der Waals surface area (Å²) in [7, 11) is 0. The molecule has 0 aliphatic heterocycles. The summed E-state index contributed by atoms with van der Waals surface area (Å²) in [6.45, 7) is 22.7. The summed E-state index contributed by atoms with van der Waals surface area (Å²) >= 11 is 0. The third-order valence-corrected chi connectivity index (χ3v) is 6.16. The van der Waals surface area contributed by atoms with Gasteiger partial charge in [-0.2, -0.15) is 0 Å². The van der Waals surface area contributed by atoms with E-state index in [0.717, 1.165) is 0 Å². The molecule has 2 rings (SSSR count). The maximum atomic E-state index is 3.76. The first-order valence-corrected chi connectivity index (χ1v) is 11.8. The van der Waals surface area contributed by atoms with Crippen LogP contribution in [0.1, 0.15) is 115 Å². The fourth-order valence-corrected chi connectivity index (χ4v) is 3.63. The molecule has 0 aromatic heterocycles. The van der Waals surface area contributed by atoms with Crippen LogP contribution < -0.4 is 10.6 Å². The predicted octanol–water partition coefficient (Wildman–Crippen LogP) is 8.48. The van der Waals surface area contributed by atoms with Crippen LogP contribution in [0.15, 0.2) is 36.4 Å². The molecule has 0 aliphatic rings. The number of benzene rings is 2. The molecule has 2 aromatic carbocycles. The fraction of sp³-hybridized carbons (Fsp3) is 0.571. The lowest BCUT2D eigenvalue weighted by Crippen LogP contribution is -2.34. The van der Waals surface area contributed by atoms with Gasteiger partial charge in [0.25, 0.3) is 0 Å². The normalized spacial score (nSPS) is 13.9. The Kier molecular flexibility index (Phi) is 8.41. The van der Waals surface area contributed by atoms with Gasteiger partial charge in [0.1, 0.15) is 0 Å². The van der Waals surface area contributed by atoms with Crippen molar-refractivity contribution in [2.24, 2.45) is 0 Å². The molecule has 2 heteroatoms. The molecule has 0 radical (unpaired) electrons. The third-order valence-electron chi connectivity index (χ3n) is 6.16. The molecule has 2 aromatic rings. The highest BCUT2D eigenvalue weighted by atomic mass is 15.0. The Morgan fingerprint density at radius 3 is 0.833 bits per heavy atom. The van der Waals surface area contributed by atoms with E-state index >= 15 is 0 Å². The molecule has 166 valence electrons. The van der Waals surface area contributed by atoms with Crippen LogP contribution in [0.4, 0.5) is 11.4 Å². The Morgan fingerprint density at radius 2 is 0.633 bits per heavy atom. The number of nitrogens with one attached hydrogen (secondary N) is 2. The topological polar surface area (TPSA) is 24.1 Å². The van der Waals surface area contributed by atoms with Crippen LogP contribution in [-0.4, -0.2) is 12.1 Å². The molecular formula is C28H44N2. The Labute approximate surface area is 185 Å². The average molecular weight is 409 g/mol. The molecule has 0 amide bonds. The minimum absolute atomic E-state index is 0.303. The summed E-state index contributed by atoms with van der Waals surface area (Å²) in [5, 5.41) is 7.53. The van der Waals surface area contributed by atoms with E-state index in [0.29, 0.717) is 35.8 Å². The molecule has 0 fully saturated rings. The van der Waals surface area contributed by atoms with Gasteiger partial charge in [-0.3, -0.25) is 0 Å². The predicted molar refractivity (Wildman–Crippen MR) is 135 cm³/mol. The summed E-state index contributed by atoms with van der Waals surface area (Å²) < 4.78 is 0. The second-order valence-electron chi connectivity index (χ2n) is 10.3. The molecule has 30 heavy (non-hydrogen) atoms. The number of anilines is 2. The molecule has 0 spiro atoms. The summed E-state index contributed by atoms with van der Waals surface area (Å²) in [5.74, 6) is 2.12. The van der Waals surface area contributed by atoms with Crippen molar-refractivity contribution in [3.8, 4) is 0 Å². The van der Waals surface area contributed by atoms with Crippen LogP contribution in [0.2, 0.25) is 0 Å². The highest BCUT2D eigenvalue weighted by Gasteiger charge is 2.15. The third kappa shape index (κ3) is 6.52. The maximum Gasteiger partial charge on any atom is 0.0431 e. The summed E-state index contributed by atoms with van der Waals surface area (Å²) in [6, 6.07) is 14.6. The summed E-state index contributed by atoms with van der Waals surface area (Å²) in [6.07, 6.45) is 0. The molecule has 0 heterocycles. The van der Waals surface area contributed by atoms with E-state index < -0.39 is 0 Å². The van der Waals surface area contributed by atoms with Gasteiger partial charge in [-0.15, -0.1) is 0 Å². The summed E-state index contributed by atoms with van der Waals surface area (Å²) in [4.78, 5) is 0. The number of hydrogen-bond donors (Lipinski definition) is 2. The molecule has 0 saturated carbocycles. The number of rotatable bonds is 9. The second-order valence-corrected chi connectivity index (χ2v) is 10.3. The first-order valence-electron chi connectivity index (χ1n) is 11.8. The van der Waals surface area contributed by atoms with Crippen LogP contribution in [0, 0.1) is 0 Å². The van der Waals surface area contributed by atoms with Gasteiger partial charge in [-0.05, 0) is 84.0 Å². The molecule has 2 atom stereocenters. The van der Waals surface area contributed by atoms with E-state index in [4.69, 9.17) is 0 Å². The minimum Gasteiger partial charge on any atom is -0.381 e. The average Bonchev–Trinajstić information content (AvgIpc) is 2.67. The lowest BCUT2D eigenvalue weighted by molar-refractivity contribution is 0.676. The van der Waals surface area contributed by atoms with Crippen LogP contribution >= 0.6 is 0 Å². The van der Waals surface area contributed by atoms with Crippen molar-refractivity contribution in [1.82, 2.24) is 0 Å². The van der Waals surface area contributed by atoms with Gasteiger partial charge in [-0.1, -0.05) is 67.5 Å². The number of hydrogen-bond acceptors (Lipinski definition) is 2. The Bertz CT molecular complexity index is 695. The van der Waals surface area contributed by atoms with E-state index in [2.05, 4.69) is 116 Å². The van der Waals surface area contributed by atoms with E-state index in [9.17, 15) is 0 Å². The van der Waals surface area contributed by atoms with Crippen molar-refractivity contribution in [1.29, 1.82) is 0 Å². The van der Waals surface area contributed by atoms with Crippen LogP contribution in [0.5, 0.6) is 0 Å². The lowest BCUT2D eigenvalue weighted by Gasteiger charge is -2.26. The van der Waals surface area contributed by atoms with Crippen LogP contribution in [0.25, 0.3) is 0 Å². The van der Waals surface area contributed by atoms with Crippen molar-refractivity contribution >= 4 is 11.4 Å². The van der Waals surface area contributed by atoms with Gasteiger partial charge in [0, 0.05) is 23.5 Å². The van der Waals surface area contributed by atoms with Crippen molar-refractivity contribution in [3.63, 3.8) is 0 Å². The smallest absolute Gasteiger partial charge is 0.0431 e. The van der Waals surface area contributed by atoms with E-state index in [-0.39, 0.29) is 0 Å². The molecule has 2 unspecified atom stereocenters. The summed E-state index contributed by atoms with van der Waals surface area (Å²) in [5.41, 5.74) is 8.07. The van der Waals surface area contributed by atoms with Gasteiger partial charge in [0.05, 0.1) is 0 Å². The largest absolute Gasteiger partial charge is 0.381 e. The molecule has 2 N–H and O–H groups in total. The van der Waals surface area contributed by atoms with Crippen molar-refractivity contribution in [2.75, 3.05) is 10.6 Å². The maximum absolute atomic E-state index is 3.76. The Balaban J connectivity index is 2.20. The van der Waals surface area contributed by atoms with Gasteiger partial charge < -0.3 is 10.6 Å². The van der Waals surface area contributed by atoms with Crippen LogP contribution in [-0.2, 0) is 0 Å². The quantitative estimate of drug-likeness (QED) is 0.434. The molecule has 0 bridgehead atoms. The second kappa shape index (κ2) is 10.4. The highest BCUT2D eigenvalue weighted by Crippen LogP contribution is 2.28. The Hall–Kier alpha value is -1.96. The highest BCUT2D eigenvalue weighted by molar-refractivity contribution is 5.54. The van der Waals surface area contributed by atoms with Crippen molar-refractivity contribution in [3.05, 3.63) is 58.7 Å². The zero-order valence-electron chi connectivity index (χ0n) is 20.9. The van der Waals surface area contributed by atoms with Gasteiger partial charge in [-0.25, -0.2) is 0 Å². The molecular weight excluding hydrogens is 364 g/mol. The first kappa shape index (κ1) is 24.3. The lowest BCUT2D eigenvalue weighted by atomic mass is 9.94. The van der Waals surface area contributed by atoms with Crippen LogP contribution in [0.3, 0.4) is 0 Å². The standard InChI is InChI=1S/C28H44N2/c1-17(2)23-11-24(18(3)4)14-27(13-23)29-21(9)22(10)30-28-15-25(19(5)6)12-26(16-28)20(7)8/h11-22,29-30H,1-10H3. The first-order chi connectivity index (χ1) is 14.0. The molecule has 0 saturated heterocycles. The molecule has 0 aliphatic carbocycles. The van der Waals surface area contributed by atoms with Gasteiger partial charge in [0.15, 0.2) is 0 Å². The zero-order chi connectivity index (χ0) is 22.6. The van der Waals surface area contributed by atoms with Gasteiger partial charge in [0.2, 0.25) is 0 Å². The minimum atomic E-state index is 0.303. The fourth-order valence-electron chi connectivity index (χ4n) is 3.63. The van der Waals surface area contributed by atoms with E-state index in [1.807, 2.05) is 0 Å². The zero-order valence-corrected chi connectivity index (χ0v) is 20.9. The Morgan fingerprint density at radius 1 is 0.400 bits per heavy atom. The molecule has 2 nitrogen and oxygen atoms in total. The SMILES string of the molecule is CC(C)c1cc(NC(C)C(C)Nc2cc(C(C)C)cc(C(C)C)c2)cc(C(C)C)c1. The monoisotopic (exact) mass is 408 g/mol. The van der Waals surface area contributed by atoms with E-state index in [1.165, 1.54) is 33.6 Å². The van der Waals surface area contributed by atoms with Gasteiger partial charge >= 0.3 is 0 Å². The van der Waals surface area contributed by atoms with Crippen molar-refractivity contribution in [2.45, 2.75) is 105 Å². The van der Waals surface area contributed by atoms with E-state index in [1.54, 1.807) is 0 Å². The van der Waals surface area contributed by atoms with Crippen molar-refractivity contribution < 1.29 is 0 Å².